The Morgan fingerprint density at radius 1 is 1.35 bits per heavy atom. The number of carboxylic acids is 1. The van der Waals surface area contributed by atoms with Crippen LogP contribution in [0.3, 0.4) is 0 Å². The predicted molar refractivity (Wildman–Crippen MR) is 80.9 cm³/mol. The maximum Gasteiger partial charge on any atom is 0.326 e. The van der Waals surface area contributed by atoms with Gasteiger partial charge in [0.2, 0.25) is 0 Å². The van der Waals surface area contributed by atoms with E-state index in [2.05, 4.69) is 21.2 Å². The fraction of sp³-hybridized carbons (Fsp3) is 0.571. The third-order valence-electron chi connectivity index (χ3n) is 2.91. The van der Waals surface area contributed by atoms with Crippen molar-refractivity contribution in [2.24, 2.45) is 5.92 Å². The average Bonchev–Trinajstić information content (AvgIpc) is 2.69. The van der Waals surface area contributed by atoms with Crippen molar-refractivity contribution in [2.45, 2.75) is 46.2 Å². The number of halogens is 1. The number of aromatic nitrogens is 1. The summed E-state index contributed by atoms with van der Waals surface area (Å²) in [5.41, 5.74) is 0.460. The van der Waals surface area contributed by atoms with E-state index in [1.807, 2.05) is 38.5 Å². The molecule has 0 radical (unpaired) electrons. The Morgan fingerprint density at radius 2 is 1.95 bits per heavy atom. The summed E-state index contributed by atoms with van der Waals surface area (Å²) in [5.74, 6) is -1.17. The molecule has 0 aromatic carbocycles. The molecule has 0 saturated heterocycles. The van der Waals surface area contributed by atoms with Crippen LogP contribution in [0.25, 0.3) is 0 Å². The molecule has 5 nitrogen and oxygen atoms in total. The van der Waals surface area contributed by atoms with E-state index in [0.717, 1.165) is 4.47 Å². The highest BCUT2D eigenvalue weighted by molar-refractivity contribution is 9.10. The Hall–Kier alpha value is -1.30. The van der Waals surface area contributed by atoms with E-state index in [4.69, 9.17) is 0 Å². The number of nitrogens with zero attached hydrogens (tertiary/aromatic N) is 1. The average molecular weight is 345 g/mol. The maximum atomic E-state index is 12.3. The highest BCUT2D eigenvalue weighted by Crippen LogP contribution is 2.19. The van der Waals surface area contributed by atoms with Gasteiger partial charge in [-0.25, -0.2) is 4.79 Å². The molecule has 0 aliphatic heterocycles. The number of carbonyl (C=O) groups excluding carboxylic acids is 1. The van der Waals surface area contributed by atoms with Gasteiger partial charge in [-0.3, -0.25) is 4.79 Å². The van der Waals surface area contributed by atoms with E-state index in [1.165, 1.54) is 0 Å². The molecule has 1 rings (SSSR count). The van der Waals surface area contributed by atoms with Gasteiger partial charge in [0.25, 0.3) is 5.91 Å². The van der Waals surface area contributed by atoms with Gasteiger partial charge in [-0.2, -0.15) is 0 Å². The Labute approximate surface area is 127 Å². The second kappa shape index (κ2) is 6.92. The van der Waals surface area contributed by atoms with Crippen LogP contribution in [0.2, 0.25) is 0 Å². The lowest BCUT2D eigenvalue weighted by atomic mass is 10.0. The number of amides is 1. The molecule has 0 unspecified atom stereocenters. The monoisotopic (exact) mass is 344 g/mol. The molecular weight excluding hydrogens is 324 g/mol. The molecule has 0 fully saturated rings. The van der Waals surface area contributed by atoms with E-state index in [1.54, 1.807) is 6.07 Å². The summed E-state index contributed by atoms with van der Waals surface area (Å²) in [7, 11) is 0. The van der Waals surface area contributed by atoms with Crippen LogP contribution < -0.4 is 5.32 Å². The second-order valence-electron chi connectivity index (χ2n) is 5.54. The molecule has 1 amide bonds. The normalized spacial score (nSPS) is 12.8. The highest BCUT2D eigenvalue weighted by Gasteiger charge is 2.23. The summed E-state index contributed by atoms with van der Waals surface area (Å²) in [6.07, 6.45) is 2.22. The molecule has 0 saturated carbocycles. The fourth-order valence-electron chi connectivity index (χ4n) is 1.98. The Balaban J connectivity index is 2.92. The Bertz CT molecular complexity index is 495. The maximum absolute atomic E-state index is 12.3. The van der Waals surface area contributed by atoms with Gasteiger partial charge in [-0.05, 0) is 48.2 Å². The number of carbonyl (C=O) groups is 2. The molecule has 0 aliphatic carbocycles. The molecule has 1 aromatic rings. The first-order valence-electron chi connectivity index (χ1n) is 6.63. The molecule has 1 heterocycles. The van der Waals surface area contributed by atoms with Crippen molar-refractivity contribution >= 4 is 27.8 Å². The lowest BCUT2D eigenvalue weighted by Crippen LogP contribution is -2.42. The van der Waals surface area contributed by atoms with Crippen LogP contribution in [0.15, 0.2) is 16.7 Å². The summed E-state index contributed by atoms with van der Waals surface area (Å²) < 4.78 is 2.61. The van der Waals surface area contributed by atoms with Crippen LogP contribution in [0, 0.1) is 5.92 Å². The zero-order chi connectivity index (χ0) is 15.4. The van der Waals surface area contributed by atoms with Crippen molar-refractivity contribution in [3.8, 4) is 0 Å². The van der Waals surface area contributed by atoms with Crippen LogP contribution in [-0.4, -0.2) is 27.6 Å². The van der Waals surface area contributed by atoms with Gasteiger partial charge in [-0.1, -0.05) is 13.8 Å². The van der Waals surface area contributed by atoms with Crippen molar-refractivity contribution in [2.75, 3.05) is 0 Å². The van der Waals surface area contributed by atoms with Gasteiger partial charge in [-0.15, -0.1) is 0 Å². The zero-order valence-corrected chi connectivity index (χ0v) is 13.8. The molecule has 112 valence electrons. The van der Waals surface area contributed by atoms with Crippen LogP contribution >= 0.6 is 15.9 Å². The van der Waals surface area contributed by atoms with Crippen molar-refractivity contribution in [1.82, 2.24) is 9.88 Å². The van der Waals surface area contributed by atoms with E-state index < -0.39 is 12.0 Å². The quantitative estimate of drug-likeness (QED) is 0.832. The number of hydrogen-bond acceptors (Lipinski definition) is 2. The Morgan fingerprint density at radius 3 is 2.40 bits per heavy atom. The molecule has 2 N–H and O–H groups in total. The molecule has 1 atom stereocenters. The van der Waals surface area contributed by atoms with Crippen LogP contribution in [0.1, 0.15) is 50.6 Å². The van der Waals surface area contributed by atoms with Gasteiger partial charge in [0.15, 0.2) is 0 Å². The summed E-state index contributed by atoms with van der Waals surface area (Å²) in [4.78, 5) is 23.5. The standard InChI is InChI=1S/C14H21BrN2O3/c1-8(2)5-11(14(19)20)16-13(18)12-6-10(15)7-17(12)9(3)4/h6-9,11H,5H2,1-4H3,(H,16,18)(H,19,20)/t11-/m1/s1. The van der Waals surface area contributed by atoms with E-state index in [-0.39, 0.29) is 17.9 Å². The number of rotatable bonds is 6. The lowest BCUT2D eigenvalue weighted by molar-refractivity contribution is -0.139. The summed E-state index contributed by atoms with van der Waals surface area (Å²) >= 11 is 3.34. The summed E-state index contributed by atoms with van der Waals surface area (Å²) in [6, 6.07) is 0.955. The fourth-order valence-corrected chi connectivity index (χ4v) is 2.42. The van der Waals surface area contributed by atoms with Crippen molar-refractivity contribution < 1.29 is 14.7 Å². The molecule has 0 aliphatic rings. The minimum absolute atomic E-state index is 0.121. The van der Waals surface area contributed by atoms with Gasteiger partial charge >= 0.3 is 5.97 Å². The van der Waals surface area contributed by atoms with Crippen molar-refractivity contribution in [3.05, 3.63) is 22.4 Å². The van der Waals surface area contributed by atoms with Crippen LogP contribution in [0.4, 0.5) is 0 Å². The molecular formula is C14H21BrN2O3. The van der Waals surface area contributed by atoms with Crippen LogP contribution in [-0.2, 0) is 4.79 Å². The van der Waals surface area contributed by atoms with Crippen molar-refractivity contribution in [3.63, 3.8) is 0 Å². The van der Waals surface area contributed by atoms with Gasteiger partial charge < -0.3 is 15.0 Å². The Kier molecular flexibility index (Phi) is 5.80. The third kappa shape index (κ3) is 4.37. The number of hydrogen-bond donors (Lipinski definition) is 2. The highest BCUT2D eigenvalue weighted by atomic mass is 79.9. The van der Waals surface area contributed by atoms with Crippen LogP contribution in [0.5, 0.6) is 0 Å². The van der Waals surface area contributed by atoms with Gasteiger partial charge in [0, 0.05) is 16.7 Å². The van der Waals surface area contributed by atoms with E-state index in [0.29, 0.717) is 12.1 Å². The number of carboxylic acid groups (broad SMARTS) is 1. The largest absolute Gasteiger partial charge is 0.480 e. The predicted octanol–water partition coefficient (Wildman–Crippen LogP) is 3.06. The van der Waals surface area contributed by atoms with Crippen molar-refractivity contribution in [1.29, 1.82) is 0 Å². The van der Waals surface area contributed by atoms with E-state index in [9.17, 15) is 14.7 Å². The van der Waals surface area contributed by atoms with Gasteiger partial charge in [0.1, 0.15) is 11.7 Å². The first kappa shape index (κ1) is 16.8. The first-order chi connectivity index (χ1) is 9.22. The minimum Gasteiger partial charge on any atom is -0.480 e. The lowest BCUT2D eigenvalue weighted by Gasteiger charge is -2.18. The molecule has 1 aromatic heterocycles. The summed E-state index contributed by atoms with van der Waals surface area (Å²) in [6.45, 7) is 7.78. The molecule has 0 spiro atoms. The minimum atomic E-state index is -1.01. The number of nitrogens with one attached hydrogen (secondary N) is 1. The second-order valence-corrected chi connectivity index (χ2v) is 6.45. The molecule has 6 heteroatoms. The molecule has 0 bridgehead atoms. The smallest absolute Gasteiger partial charge is 0.326 e. The SMILES string of the molecule is CC(C)C[C@@H](NC(=O)c1cc(Br)cn1C(C)C)C(=O)O. The van der Waals surface area contributed by atoms with E-state index >= 15 is 0 Å². The summed E-state index contributed by atoms with van der Waals surface area (Å²) in [5, 5.41) is 11.8. The molecule has 20 heavy (non-hydrogen) atoms. The third-order valence-corrected chi connectivity index (χ3v) is 3.35. The van der Waals surface area contributed by atoms with Gasteiger partial charge in [0.05, 0.1) is 0 Å². The number of aliphatic carboxylic acids is 1. The first-order valence-corrected chi connectivity index (χ1v) is 7.42. The zero-order valence-electron chi connectivity index (χ0n) is 12.2. The topological polar surface area (TPSA) is 71.3 Å².